The first-order valence-corrected chi connectivity index (χ1v) is 12.5. The lowest BCUT2D eigenvalue weighted by Gasteiger charge is -2.31. The second-order valence-electron chi connectivity index (χ2n) is 8.37. The number of hydrogen-bond acceptors (Lipinski definition) is 7. The molecule has 1 aromatic carbocycles. The molecule has 0 aliphatic carbocycles. The Labute approximate surface area is 219 Å². The number of rotatable bonds is 8. The average molecular weight is 536 g/mol. The van der Waals surface area contributed by atoms with Crippen LogP contribution >= 0.6 is 34.8 Å². The van der Waals surface area contributed by atoms with Gasteiger partial charge in [0.1, 0.15) is 5.15 Å². The molecule has 1 saturated heterocycles. The van der Waals surface area contributed by atoms with Crippen LogP contribution in [0, 0.1) is 5.92 Å². The van der Waals surface area contributed by atoms with Crippen LogP contribution in [0.4, 0.5) is 0 Å². The van der Waals surface area contributed by atoms with Gasteiger partial charge in [0.25, 0.3) is 0 Å². The van der Waals surface area contributed by atoms with Crippen molar-refractivity contribution in [3.8, 4) is 23.0 Å². The number of piperidine rings is 1. The number of esters is 1. The molecule has 184 valence electrons. The van der Waals surface area contributed by atoms with Gasteiger partial charge in [0.05, 0.1) is 24.7 Å². The van der Waals surface area contributed by atoms with Crippen LogP contribution in [-0.4, -0.2) is 45.5 Å². The SMILES string of the molecule is CCOC(=O)CC1CCN(Cc2cc(Oc3cnc(Cl)cn3)nc(-c3cc(Cl)cc(Cl)c3)c2)CC1. The molecule has 10 heteroatoms. The van der Waals surface area contributed by atoms with Crippen LogP contribution in [0.3, 0.4) is 0 Å². The van der Waals surface area contributed by atoms with Gasteiger partial charge in [-0.15, -0.1) is 0 Å². The van der Waals surface area contributed by atoms with Gasteiger partial charge in [0.2, 0.25) is 11.8 Å². The molecule has 3 aromatic rings. The first kappa shape index (κ1) is 25.6. The number of halogens is 3. The number of benzene rings is 1. The minimum atomic E-state index is -0.114. The molecule has 3 heterocycles. The van der Waals surface area contributed by atoms with Crippen molar-refractivity contribution in [2.45, 2.75) is 32.7 Å². The number of carbonyl (C=O) groups excluding carboxylic acids is 1. The molecule has 0 saturated carbocycles. The van der Waals surface area contributed by atoms with Gasteiger partial charge in [-0.1, -0.05) is 34.8 Å². The molecule has 4 rings (SSSR count). The third-order valence-electron chi connectivity index (χ3n) is 5.70. The lowest BCUT2D eigenvalue weighted by atomic mass is 9.93. The largest absolute Gasteiger partial charge is 0.466 e. The molecule has 1 aliphatic heterocycles. The summed E-state index contributed by atoms with van der Waals surface area (Å²) in [5.41, 5.74) is 2.48. The third kappa shape index (κ3) is 7.51. The normalized spacial score (nSPS) is 14.6. The molecule has 0 spiro atoms. The molecule has 0 N–H and O–H groups in total. The van der Waals surface area contributed by atoms with Crippen molar-refractivity contribution in [2.24, 2.45) is 5.92 Å². The van der Waals surface area contributed by atoms with Gasteiger partial charge in [-0.3, -0.25) is 9.69 Å². The van der Waals surface area contributed by atoms with E-state index in [0.29, 0.717) is 47.1 Å². The summed E-state index contributed by atoms with van der Waals surface area (Å²) in [5, 5.41) is 1.32. The zero-order valence-corrected chi connectivity index (χ0v) is 21.5. The summed E-state index contributed by atoms with van der Waals surface area (Å²) in [6.45, 7) is 4.75. The fourth-order valence-electron chi connectivity index (χ4n) is 4.08. The topological polar surface area (TPSA) is 77.4 Å². The zero-order chi connectivity index (χ0) is 24.8. The van der Waals surface area contributed by atoms with Gasteiger partial charge in [-0.2, -0.15) is 0 Å². The van der Waals surface area contributed by atoms with Crippen LogP contribution in [0.1, 0.15) is 31.7 Å². The maximum absolute atomic E-state index is 11.8. The highest BCUT2D eigenvalue weighted by Gasteiger charge is 2.22. The lowest BCUT2D eigenvalue weighted by molar-refractivity contribution is -0.144. The van der Waals surface area contributed by atoms with Crippen molar-refractivity contribution in [2.75, 3.05) is 19.7 Å². The minimum Gasteiger partial charge on any atom is -0.466 e. The van der Waals surface area contributed by atoms with Gasteiger partial charge in [0, 0.05) is 34.6 Å². The van der Waals surface area contributed by atoms with Crippen LogP contribution in [-0.2, 0) is 16.1 Å². The number of nitrogens with zero attached hydrogens (tertiary/aromatic N) is 4. The summed E-state index contributed by atoms with van der Waals surface area (Å²) in [7, 11) is 0. The maximum Gasteiger partial charge on any atom is 0.306 e. The molecule has 7 nitrogen and oxygen atoms in total. The lowest BCUT2D eigenvalue weighted by Crippen LogP contribution is -2.34. The smallest absolute Gasteiger partial charge is 0.306 e. The Morgan fingerprint density at radius 1 is 1.00 bits per heavy atom. The predicted molar refractivity (Wildman–Crippen MR) is 136 cm³/mol. The van der Waals surface area contributed by atoms with E-state index in [1.165, 1.54) is 12.4 Å². The van der Waals surface area contributed by atoms with Gasteiger partial charge < -0.3 is 9.47 Å². The van der Waals surface area contributed by atoms with Gasteiger partial charge in [-0.05, 0) is 68.6 Å². The molecular formula is C25H25Cl3N4O3. The molecular weight excluding hydrogens is 511 g/mol. The Morgan fingerprint density at radius 2 is 1.74 bits per heavy atom. The Hall–Kier alpha value is -2.45. The average Bonchev–Trinajstić information content (AvgIpc) is 2.81. The van der Waals surface area contributed by atoms with Crippen LogP contribution < -0.4 is 4.74 Å². The minimum absolute atomic E-state index is 0.114. The summed E-state index contributed by atoms with van der Waals surface area (Å²) in [5.74, 6) is 0.905. The number of ether oxygens (including phenoxy) is 2. The Balaban J connectivity index is 1.53. The number of hydrogen-bond donors (Lipinski definition) is 0. The summed E-state index contributed by atoms with van der Waals surface area (Å²) in [6.07, 6.45) is 5.24. The summed E-state index contributed by atoms with van der Waals surface area (Å²) >= 11 is 18.3. The van der Waals surface area contributed by atoms with Crippen molar-refractivity contribution in [3.05, 3.63) is 63.5 Å². The maximum atomic E-state index is 11.8. The van der Waals surface area contributed by atoms with E-state index < -0.39 is 0 Å². The fourth-order valence-corrected chi connectivity index (χ4v) is 4.70. The first-order chi connectivity index (χ1) is 16.9. The van der Waals surface area contributed by atoms with Gasteiger partial charge >= 0.3 is 5.97 Å². The Morgan fingerprint density at radius 3 is 2.40 bits per heavy atom. The van der Waals surface area contributed by atoms with Gasteiger partial charge in [-0.25, -0.2) is 15.0 Å². The molecule has 0 radical (unpaired) electrons. The third-order valence-corrected chi connectivity index (χ3v) is 6.33. The van der Waals surface area contributed by atoms with Crippen LogP contribution in [0.15, 0.2) is 42.7 Å². The second-order valence-corrected chi connectivity index (χ2v) is 9.63. The quantitative estimate of drug-likeness (QED) is 0.306. The van der Waals surface area contributed by atoms with E-state index in [-0.39, 0.29) is 17.0 Å². The first-order valence-electron chi connectivity index (χ1n) is 11.4. The highest BCUT2D eigenvalue weighted by atomic mass is 35.5. The fraction of sp³-hybridized carbons (Fsp3) is 0.360. The Kier molecular flexibility index (Phi) is 8.78. The Bertz CT molecular complexity index is 1150. The molecule has 0 atom stereocenters. The van der Waals surface area contributed by atoms with E-state index >= 15 is 0 Å². The second kappa shape index (κ2) is 12.0. The van der Waals surface area contributed by atoms with Crippen molar-refractivity contribution in [3.63, 3.8) is 0 Å². The van der Waals surface area contributed by atoms with Crippen LogP contribution in [0.5, 0.6) is 11.8 Å². The van der Waals surface area contributed by atoms with E-state index in [2.05, 4.69) is 19.9 Å². The molecule has 0 unspecified atom stereocenters. The molecule has 0 bridgehead atoms. The number of aromatic nitrogens is 3. The number of likely N-dealkylation sites (tertiary alicyclic amines) is 1. The molecule has 1 fully saturated rings. The van der Waals surface area contributed by atoms with Crippen molar-refractivity contribution in [1.29, 1.82) is 0 Å². The predicted octanol–water partition coefficient (Wildman–Crippen LogP) is 6.46. The summed E-state index contributed by atoms with van der Waals surface area (Å²) < 4.78 is 11.0. The van der Waals surface area contributed by atoms with Crippen molar-refractivity contribution < 1.29 is 14.3 Å². The van der Waals surface area contributed by atoms with Crippen molar-refractivity contribution in [1.82, 2.24) is 19.9 Å². The molecule has 35 heavy (non-hydrogen) atoms. The molecule has 2 aromatic heterocycles. The standard InChI is InChI=1S/C25H25Cl3N4O3/c1-2-34-25(33)9-16-3-5-32(6-4-16)15-17-7-21(18-10-19(26)12-20(27)11-18)31-23(8-17)35-24-14-29-22(28)13-30-24/h7-8,10-14,16H,2-6,9,15H2,1H3. The van der Waals surface area contributed by atoms with Crippen molar-refractivity contribution >= 4 is 40.8 Å². The molecule has 0 amide bonds. The van der Waals surface area contributed by atoms with E-state index in [1.54, 1.807) is 6.07 Å². The van der Waals surface area contributed by atoms with E-state index in [4.69, 9.17) is 44.3 Å². The van der Waals surface area contributed by atoms with E-state index in [9.17, 15) is 4.79 Å². The van der Waals surface area contributed by atoms with Crippen LogP contribution in [0.2, 0.25) is 15.2 Å². The zero-order valence-electron chi connectivity index (χ0n) is 19.2. The van der Waals surface area contributed by atoms with Crippen LogP contribution in [0.25, 0.3) is 11.3 Å². The van der Waals surface area contributed by atoms with E-state index in [0.717, 1.165) is 37.1 Å². The molecule has 1 aliphatic rings. The highest BCUT2D eigenvalue weighted by molar-refractivity contribution is 6.35. The number of pyridine rings is 1. The van der Waals surface area contributed by atoms with Gasteiger partial charge in [0.15, 0.2) is 0 Å². The van der Waals surface area contributed by atoms with E-state index in [1.807, 2.05) is 31.2 Å². The summed E-state index contributed by atoms with van der Waals surface area (Å²) in [6, 6.07) is 9.19. The highest BCUT2D eigenvalue weighted by Crippen LogP contribution is 2.30. The summed E-state index contributed by atoms with van der Waals surface area (Å²) in [4.78, 5) is 27.0. The number of carbonyl (C=O) groups is 1. The monoisotopic (exact) mass is 534 g/mol.